The number of benzene rings is 1. The van der Waals surface area contributed by atoms with Crippen LogP contribution in [0, 0.1) is 0 Å². The Morgan fingerprint density at radius 3 is 2.85 bits per heavy atom. The first-order valence-electron chi connectivity index (χ1n) is 6.58. The van der Waals surface area contributed by atoms with Gasteiger partial charge in [-0.05, 0) is 31.0 Å². The molecule has 3 N–H and O–H groups in total. The third kappa shape index (κ3) is 3.71. The van der Waals surface area contributed by atoms with Crippen LogP contribution in [0.1, 0.15) is 26.2 Å². The molecular formula is C14H20ClN3O2. The molecule has 20 heavy (non-hydrogen) atoms. The molecule has 1 aromatic carbocycles. The maximum Gasteiger partial charge on any atom is 0.241 e. The van der Waals surface area contributed by atoms with Crippen LogP contribution < -0.4 is 16.0 Å². The van der Waals surface area contributed by atoms with Crippen LogP contribution >= 0.6 is 12.4 Å². The SMILES string of the molecule is CC[C@H](N)C(=O)Nc1cccc(N2CCCC2=O)c1.Cl. The number of carbonyl (C=O) groups is 2. The number of nitrogens with two attached hydrogens (primary N) is 1. The van der Waals surface area contributed by atoms with E-state index < -0.39 is 6.04 Å². The van der Waals surface area contributed by atoms with Crippen molar-refractivity contribution in [1.29, 1.82) is 0 Å². The number of amides is 2. The second kappa shape index (κ2) is 7.26. The van der Waals surface area contributed by atoms with Gasteiger partial charge in [0.25, 0.3) is 0 Å². The summed E-state index contributed by atoms with van der Waals surface area (Å²) in [5.41, 5.74) is 7.17. The highest BCUT2D eigenvalue weighted by Gasteiger charge is 2.22. The second-order valence-corrected chi connectivity index (χ2v) is 4.70. The van der Waals surface area contributed by atoms with Gasteiger partial charge in [0.2, 0.25) is 11.8 Å². The van der Waals surface area contributed by atoms with Crippen molar-refractivity contribution in [2.75, 3.05) is 16.8 Å². The van der Waals surface area contributed by atoms with Crippen LogP contribution in [0.15, 0.2) is 24.3 Å². The molecule has 2 rings (SSSR count). The molecule has 0 aromatic heterocycles. The quantitative estimate of drug-likeness (QED) is 0.891. The number of halogens is 1. The van der Waals surface area contributed by atoms with Crippen LogP contribution in [0.2, 0.25) is 0 Å². The zero-order valence-corrected chi connectivity index (χ0v) is 12.3. The van der Waals surface area contributed by atoms with Crippen LogP contribution in [0.4, 0.5) is 11.4 Å². The zero-order chi connectivity index (χ0) is 13.8. The predicted octanol–water partition coefficient (Wildman–Crippen LogP) is 1.91. The van der Waals surface area contributed by atoms with E-state index in [0.29, 0.717) is 18.5 Å². The third-order valence-corrected chi connectivity index (χ3v) is 3.28. The van der Waals surface area contributed by atoms with Gasteiger partial charge in [-0.25, -0.2) is 0 Å². The summed E-state index contributed by atoms with van der Waals surface area (Å²) >= 11 is 0. The molecule has 0 aliphatic carbocycles. The molecule has 2 amide bonds. The van der Waals surface area contributed by atoms with Crippen LogP contribution in [0.25, 0.3) is 0 Å². The van der Waals surface area contributed by atoms with Gasteiger partial charge in [0.15, 0.2) is 0 Å². The fourth-order valence-corrected chi connectivity index (χ4v) is 2.09. The Labute approximate surface area is 124 Å². The standard InChI is InChI=1S/C14H19N3O2.ClH/c1-2-12(15)14(19)16-10-5-3-6-11(9-10)17-8-4-7-13(17)18;/h3,5-6,9,12H,2,4,7-8,15H2,1H3,(H,16,19);1H/t12-;/m0./s1. The Balaban J connectivity index is 0.00000200. The first-order chi connectivity index (χ1) is 9.11. The van der Waals surface area contributed by atoms with Crippen LogP contribution in [-0.2, 0) is 9.59 Å². The predicted molar refractivity (Wildman–Crippen MR) is 82.2 cm³/mol. The molecule has 1 heterocycles. The summed E-state index contributed by atoms with van der Waals surface area (Å²) < 4.78 is 0. The van der Waals surface area contributed by atoms with Crippen molar-refractivity contribution in [2.24, 2.45) is 5.73 Å². The van der Waals surface area contributed by atoms with Crippen molar-refractivity contribution in [1.82, 2.24) is 0 Å². The molecule has 0 spiro atoms. The summed E-state index contributed by atoms with van der Waals surface area (Å²) in [6, 6.07) is 6.80. The zero-order valence-electron chi connectivity index (χ0n) is 11.5. The van der Waals surface area contributed by atoms with Crippen molar-refractivity contribution in [3.05, 3.63) is 24.3 Å². The van der Waals surface area contributed by atoms with Crippen molar-refractivity contribution in [3.8, 4) is 0 Å². The monoisotopic (exact) mass is 297 g/mol. The summed E-state index contributed by atoms with van der Waals surface area (Å²) in [4.78, 5) is 25.2. The van der Waals surface area contributed by atoms with Crippen LogP contribution in [0.3, 0.4) is 0 Å². The van der Waals surface area contributed by atoms with E-state index in [2.05, 4.69) is 5.32 Å². The maximum atomic E-state index is 11.7. The van der Waals surface area contributed by atoms with Crippen LogP contribution in [0.5, 0.6) is 0 Å². The lowest BCUT2D eigenvalue weighted by Gasteiger charge is -2.17. The lowest BCUT2D eigenvalue weighted by Crippen LogP contribution is -2.34. The van der Waals surface area contributed by atoms with E-state index in [-0.39, 0.29) is 24.2 Å². The van der Waals surface area contributed by atoms with Gasteiger partial charge in [0, 0.05) is 24.3 Å². The molecule has 1 aliphatic rings. The largest absolute Gasteiger partial charge is 0.325 e. The number of nitrogens with one attached hydrogen (secondary N) is 1. The first kappa shape index (κ1) is 16.5. The van der Waals surface area contributed by atoms with Gasteiger partial charge in [0.05, 0.1) is 6.04 Å². The summed E-state index contributed by atoms with van der Waals surface area (Å²) in [6.07, 6.45) is 2.07. The minimum absolute atomic E-state index is 0. The Hall–Kier alpha value is -1.59. The molecule has 1 saturated heterocycles. The molecular weight excluding hydrogens is 278 g/mol. The highest BCUT2D eigenvalue weighted by Crippen LogP contribution is 2.24. The van der Waals surface area contributed by atoms with E-state index in [4.69, 9.17) is 5.73 Å². The van der Waals surface area contributed by atoms with Crippen LogP contribution in [-0.4, -0.2) is 24.4 Å². The fraction of sp³-hybridized carbons (Fsp3) is 0.429. The molecule has 1 fully saturated rings. The molecule has 1 atom stereocenters. The second-order valence-electron chi connectivity index (χ2n) is 4.70. The Kier molecular flexibility index (Phi) is 5.98. The topological polar surface area (TPSA) is 75.4 Å². The van der Waals surface area contributed by atoms with Crippen molar-refractivity contribution >= 4 is 35.6 Å². The van der Waals surface area contributed by atoms with Gasteiger partial charge >= 0.3 is 0 Å². The number of anilines is 2. The molecule has 6 heteroatoms. The van der Waals surface area contributed by atoms with Gasteiger partial charge in [0.1, 0.15) is 0 Å². The third-order valence-electron chi connectivity index (χ3n) is 3.28. The normalized spacial score (nSPS) is 15.7. The smallest absolute Gasteiger partial charge is 0.241 e. The molecule has 0 saturated carbocycles. The minimum atomic E-state index is -0.503. The molecule has 110 valence electrons. The molecule has 0 unspecified atom stereocenters. The highest BCUT2D eigenvalue weighted by molar-refractivity contribution is 5.98. The molecule has 0 bridgehead atoms. The maximum absolute atomic E-state index is 11.7. The highest BCUT2D eigenvalue weighted by atomic mass is 35.5. The Bertz CT molecular complexity index is 493. The average Bonchev–Trinajstić information content (AvgIpc) is 2.84. The van der Waals surface area contributed by atoms with Gasteiger partial charge in [-0.3, -0.25) is 9.59 Å². The summed E-state index contributed by atoms with van der Waals surface area (Å²) in [7, 11) is 0. The number of carbonyl (C=O) groups excluding carboxylic acids is 2. The van der Waals surface area contributed by atoms with Gasteiger partial charge in [-0.2, -0.15) is 0 Å². The average molecular weight is 298 g/mol. The molecule has 1 aromatic rings. The molecule has 5 nitrogen and oxygen atoms in total. The van der Waals surface area contributed by atoms with Crippen molar-refractivity contribution < 1.29 is 9.59 Å². The molecule has 1 aliphatic heterocycles. The van der Waals surface area contributed by atoms with E-state index >= 15 is 0 Å². The van der Waals surface area contributed by atoms with Crippen molar-refractivity contribution in [2.45, 2.75) is 32.2 Å². The number of nitrogens with zero attached hydrogens (tertiary/aromatic N) is 1. The van der Waals surface area contributed by atoms with Gasteiger partial charge < -0.3 is 16.0 Å². The molecule has 0 radical (unpaired) electrons. The van der Waals surface area contributed by atoms with E-state index in [1.807, 2.05) is 25.1 Å². The van der Waals surface area contributed by atoms with E-state index in [1.165, 1.54) is 0 Å². The van der Waals surface area contributed by atoms with E-state index in [9.17, 15) is 9.59 Å². The summed E-state index contributed by atoms with van der Waals surface area (Å²) in [6.45, 7) is 2.61. The summed E-state index contributed by atoms with van der Waals surface area (Å²) in [5, 5.41) is 2.77. The summed E-state index contributed by atoms with van der Waals surface area (Å²) in [5.74, 6) is -0.0684. The minimum Gasteiger partial charge on any atom is -0.325 e. The van der Waals surface area contributed by atoms with Crippen molar-refractivity contribution in [3.63, 3.8) is 0 Å². The number of hydrogen-bond acceptors (Lipinski definition) is 3. The Morgan fingerprint density at radius 1 is 1.50 bits per heavy atom. The lowest BCUT2D eigenvalue weighted by molar-refractivity contribution is -0.118. The lowest BCUT2D eigenvalue weighted by atomic mass is 10.2. The Morgan fingerprint density at radius 2 is 2.25 bits per heavy atom. The van der Waals surface area contributed by atoms with Gasteiger partial charge in [-0.1, -0.05) is 13.0 Å². The number of rotatable bonds is 4. The van der Waals surface area contributed by atoms with Gasteiger partial charge in [-0.15, -0.1) is 12.4 Å². The fourth-order valence-electron chi connectivity index (χ4n) is 2.09. The van der Waals surface area contributed by atoms with E-state index in [1.54, 1.807) is 11.0 Å². The first-order valence-corrected chi connectivity index (χ1v) is 6.58. The number of hydrogen-bond donors (Lipinski definition) is 2. The van der Waals surface area contributed by atoms with E-state index in [0.717, 1.165) is 18.7 Å².